The number of ether oxygens (including phenoxy) is 2. The fourth-order valence-corrected chi connectivity index (χ4v) is 3.75. The third-order valence-electron chi connectivity index (χ3n) is 5.32. The van der Waals surface area contributed by atoms with Crippen LogP contribution in [0.2, 0.25) is 0 Å². The Hall–Kier alpha value is -2.99. The monoisotopic (exact) mass is 379 g/mol. The number of fused-ring (bicyclic) bond motifs is 1. The average molecular weight is 379 g/mol. The molecule has 28 heavy (non-hydrogen) atoms. The summed E-state index contributed by atoms with van der Waals surface area (Å²) < 4.78 is 10.7. The van der Waals surface area contributed by atoms with Crippen LogP contribution in [-0.4, -0.2) is 61.1 Å². The number of hydrogen-bond acceptors (Lipinski definition) is 4. The molecule has 1 aromatic heterocycles. The van der Waals surface area contributed by atoms with Gasteiger partial charge < -0.3 is 19.4 Å². The lowest BCUT2D eigenvalue weighted by atomic mass is 10.1. The first-order chi connectivity index (χ1) is 13.7. The van der Waals surface area contributed by atoms with Gasteiger partial charge in [-0.3, -0.25) is 9.69 Å². The number of H-pyrrole nitrogens is 1. The van der Waals surface area contributed by atoms with E-state index in [9.17, 15) is 4.79 Å². The summed E-state index contributed by atoms with van der Waals surface area (Å²) in [6.07, 6.45) is 1.78. The van der Waals surface area contributed by atoms with E-state index in [4.69, 9.17) is 9.47 Å². The summed E-state index contributed by atoms with van der Waals surface area (Å²) in [7, 11) is 3.21. The van der Waals surface area contributed by atoms with E-state index in [0.717, 1.165) is 43.6 Å². The number of aromatic amines is 1. The molecule has 0 aliphatic carbocycles. The van der Waals surface area contributed by atoms with E-state index in [1.54, 1.807) is 20.4 Å². The molecule has 0 saturated carbocycles. The van der Waals surface area contributed by atoms with Crippen LogP contribution in [-0.2, 0) is 6.54 Å². The van der Waals surface area contributed by atoms with Crippen molar-refractivity contribution in [3.8, 4) is 11.5 Å². The van der Waals surface area contributed by atoms with E-state index >= 15 is 0 Å². The third-order valence-corrected chi connectivity index (χ3v) is 5.32. The first kappa shape index (κ1) is 18.4. The second-order valence-electron chi connectivity index (χ2n) is 7.01. The zero-order valence-corrected chi connectivity index (χ0v) is 16.3. The Morgan fingerprint density at radius 2 is 1.68 bits per heavy atom. The molecule has 2 aromatic carbocycles. The standard InChI is InChI=1S/C22H25N3O3/c1-27-20-12-17-18(14-23-19(17)13-21(20)28-2)22(26)25-10-8-24(9-11-25)15-16-6-4-3-5-7-16/h3-7,12-14,23H,8-11,15H2,1-2H3. The van der Waals surface area contributed by atoms with Gasteiger partial charge in [0.25, 0.3) is 5.91 Å². The quantitative estimate of drug-likeness (QED) is 0.740. The van der Waals surface area contributed by atoms with Gasteiger partial charge >= 0.3 is 0 Å². The molecule has 146 valence electrons. The number of methoxy groups -OCH3 is 2. The Morgan fingerprint density at radius 1 is 1.00 bits per heavy atom. The van der Waals surface area contributed by atoms with Crippen LogP contribution in [0.5, 0.6) is 11.5 Å². The predicted molar refractivity (Wildman–Crippen MR) is 109 cm³/mol. The molecular weight excluding hydrogens is 354 g/mol. The molecule has 1 saturated heterocycles. The van der Waals surface area contributed by atoms with Crippen molar-refractivity contribution in [3.63, 3.8) is 0 Å². The molecule has 0 unspecified atom stereocenters. The molecule has 0 radical (unpaired) electrons. The van der Waals surface area contributed by atoms with Crippen LogP contribution in [0.4, 0.5) is 0 Å². The zero-order valence-electron chi connectivity index (χ0n) is 16.3. The highest BCUT2D eigenvalue weighted by Crippen LogP contribution is 2.33. The SMILES string of the molecule is COc1cc2[nH]cc(C(=O)N3CCN(Cc4ccccc4)CC3)c2cc1OC. The van der Waals surface area contributed by atoms with Crippen molar-refractivity contribution in [2.24, 2.45) is 0 Å². The van der Waals surface area contributed by atoms with Crippen molar-refractivity contribution >= 4 is 16.8 Å². The summed E-state index contributed by atoms with van der Waals surface area (Å²) in [5.74, 6) is 1.32. The normalized spacial score (nSPS) is 15.0. The molecule has 1 amide bonds. The maximum atomic E-state index is 13.1. The van der Waals surface area contributed by atoms with E-state index in [1.807, 2.05) is 23.1 Å². The Balaban J connectivity index is 1.47. The third kappa shape index (κ3) is 3.55. The zero-order chi connectivity index (χ0) is 19.5. The number of carbonyl (C=O) groups excluding carboxylic acids is 1. The molecule has 0 spiro atoms. The van der Waals surface area contributed by atoms with Gasteiger partial charge in [0.2, 0.25) is 0 Å². The minimum absolute atomic E-state index is 0.0535. The Kier molecular flexibility index (Phi) is 5.21. The number of rotatable bonds is 5. The number of amides is 1. The lowest BCUT2D eigenvalue weighted by Crippen LogP contribution is -2.48. The fraction of sp³-hybridized carbons (Fsp3) is 0.318. The van der Waals surface area contributed by atoms with E-state index in [0.29, 0.717) is 17.1 Å². The Bertz CT molecular complexity index is 960. The lowest BCUT2D eigenvalue weighted by molar-refractivity contribution is 0.0630. The van der Waals surface area contributed by atoms with Crippen molar-refractivity contribution in [1.29, 1.82) is 0 Å². The molecule has 1 aliphatic rings. The van der Waals surface area contributed by atoms with Gasteiger partial charge in [-0.05, 0) is 11.6 Å². The van der Waals surface area contributed by atoms with E-state index in [1.165, 1.54) is 5.56 Å². The van der Waals surface area contributed by atoms with Gasteiger partial charge in [0.1, 0.15) is 0 Å². The second-order valence-corrected chi connectivity index (χ2v) is 7.01. The largest absolute Gasteiger partial charge is 0.493 e. The van der Waals surface area contributed by atoms with Gasteiger partial charge in [0.15, 0.2) is 11.5 Å². The van der Waals surface area contributed by atoms with Crippen molar-refractivity contribution in [2.75, 3.05) is 40.4 Å². The van der Waals surface area contributed by atoms with Gasteiger partial charge in [-0.15, -0.1) is 0 Å². The molecule has 0 bridgehead atoms. The summed E-state index contributed by atoms with van der Waals surface area (Å²) in [5, 5.41) is 0.856. The van der Waals surface area contributed by atoms with Gasteiger partial charge in [-0.2, -0.15) is 0 Å². The van der Waals surface area contributed by atoms with Crippen LogP contribution in [0, 0.1) is 0 Å². The van der Waals surface area contributed by atoms with Gasteiger partial charge in [0.05, 0.1) is 25.3 Å². The molecule has 6 heteroatoms. The highest BCUT2D eigenvalue weighted by Gasteiger charge is 2.24. The number of hydrogen-bond donors (Lipinski definition) is 1. The summed E-state index contributed by atoms with van der Waals surface area (Å²) in [6, 6.07) is 14.2. The minimum Gasteiger partial charge on any atom is -0.493 e. The number of nitrogens with one attached hydrogen (secondary N) is 1. The second kappa shape index (κ2) is 7.94. The topological polar surface area (TPSA) is 57.8 Å². The first-order valence-electron chi connectivity index (χ1n) is 9.48. The number of benzene rings is 2. The molecule has 0 atom stereocenters. The summed E-state index contributed by atoms with van der Waals surface area (Å²) in [4.78, 5) is 20.6. The molecule has 2 heterocycles. The maximum absolute atomic E-state index is 13.1. The van der Waals surface area contributed by atoms with E-state index in [2.05, 4.69) is 34.1 Å². The molecule has 6 nitrogen and oxygen atoms in total. The van der Waals surface area contributed by atoms with Crippen molar-refractivity contribution in [2.45, 2.75) is 6.54 Å². The van der Waals surface area contributed by atoms with Crippen LogP contribution in [0.15, 0.2) is 48.7 Å². The summed E-state index contributed by atoms with van der Waals surface area (Å²) in [6.45, 7) is 4.13. The van der Waals surface area contributed by atoms with Crippen molar-refractivity contribution in [1.82, 2.24) is 14.8 Å². The molecule has 1 N–H and O–H groups in total. The number of aromatic nitrogens is 1. The van der Waals surface area contributed by atoms with E-state index < -0.39 is 0 Å². The fourth-order valence-electron chi connectivity index (χ4n) is 3.75. The first-order valence-corrected chi connectivity index (χ1v) is 9.48. The van der Waals surface area contributed by atoms with Crippen LogP contribution in [0.3, 0.4) is 0 Å². The maximum Gasteiger partial charge on any atom is 0.256 e. The molecule has 3 aromatic rings. The van der Waals surface area contributed by atoms with Crippen molar-refractivity contribution < 1.29 is 14.3 Å². The van der Waals surface area contributed by atoms with Crippen LogP contribution < -0.4 is 9.47 Å². The van der Waals surface area contributed by atoms with Gasteiger partial charge in [0, 0.05) is 50.4 Å². The van der Waals surface area contributed by atoms with E-state index in [-0.39, 0.29) is 5.91 Å². The summed E-state index contributed by atoms with van der Waals surface area (Å²) >= 11 is 0. The van der Waals surface area contributed by atoms with Crippen LogP contribution in [0.1, 0.15) is 15.9 Å². The van der Waals surface area contributed by atoms with Gasteiger partial charge in [-0.1, -0.05) is 30.3 Å². The van der Waals surface area contributed by atoms with Crippen LogP contribution in [0.25, 0.3) is 10.9 Å². The number of piperazine rings is 1. The highest BCUT2D eigenvalue weighted by atomic mass is 16.5. The molecule has 1 aliphatic heterocycles. The van der Waals surface area contributed by atoms with Crippen LogP contribution >= 0.6 is 0 Å². The predicted octanol–water partition coefficient (Wildman–Crippen LogP) is 3.14. The lowest BCUT2D eigenvalue weighted by Gasteiger charge is -2.34. The van der Waals surface area contributed by atoms with Crippen molar-refractivity contribution in [3.05, 3.63) is 59.8 Å². The number of carbonyl (C=O) groups is 1. The smallest absolute Gasteiger partial charge is 0.256 e. The minimum atomic E-state index is 0.0535. The highest BCUT2D eigenvalue weighted by molar-refractivity contribution is 6.07. The average Bonchev–Trinajstić information content (AvgIpc) is 3.16. The Labute approximate surface area is 164 Å². The molecule has 1 fully saturated rings. The van der Waals surface area contributed by atoms with Gasteiger partial charge in [-0.25, -0.2) is 0 Å². The molecule has 4 rings (SSSR count). The Morgan fingerprint density at radius 3 is 2.36 bits per heavy atom. The summed E-state index contributed by atoms with van der Waals surface area (Å²) in [5.41, 5.74) is 2.84. The molecular formula is C22H25N3O3. The number of nitrogens with zero attached hydrogens (tertiary/aromatic N) is 2.